The van der Waals surface area contributed by atoms with Gasteiger partial charge in [0, 0.05) is 12.1 Å². The molecular weight excluding hydrogens is 286 g/mol. The molecule has 0 saturated heterocycles. The number of non-ortho nitro benzene ring substituents is 1. The Bertz CT molecular complexity index is 839. The van der Waals surface area contributed by atoms with E-state index in [1.54, 1.807) is 10.9 Å². The number of para-hydroxylation sites is 2. The molecule has 0 unspecified atom stereocenters. The molecular formula is C15H11N3O4. The van der Waals surface area contributed by atoms with Crippen molar-refractivity contribution in [1.29, 1.82) is 0 Å². The number of rotatable bonds is 4. The highest BCUT2D eigenvalue weighted by Gasteiger charge is 2.10. The second-order valence-corrected chi connectivity index (χ2v) is 4.59. The van der Waals surface area contributed by atoms with Crippen molar-refractivity contribution in [3.05, 3.63) is 65.0 Å². The summed E-state index contributed by atoms with van der Waals surface area (Å²) in [5, 5.41) is 10.6. The Hall–Kier alpha value is -3.22. The second-order valence-electron chi connectivity index (χ2n) is 4.59. The van der Waals surface area contributed by atoms with Gasteiger partial charge in [0.1, 0.15) is 12.3 Å². The standard InChI is InChI=1S/C15H11N3O4/c19-15(22-12-7-5-11(6-8-12)18(20)21)9-17-10-16-13-3-1-2-4-14(13)17/h1-8,10H,9H2. The molecule has 1 heterocycles. The summed E-state index contributed by atoms with van der Waals surface area (Å²) < 4.78 is 6.84. The van der Waals surface area contributed by atoms with Crippen LogP contribution in [0.1, 0.15) is 0 Å². The number of fused-ring (bicyclic) bond motifs is 1. The van der Waals surface area contributed by atoms with Gasteiger partial charge in [-0.25, -0.2) is 9.78 Å². The number of ether oxygens (including phenoxy) is 1. The Morgan fingerprint density at radius 3 is 2.64 bits per heavy atom. The Morgan fingerprint density at radius 1 is 1.18 bits per heavy atom. The van der Waals surface area contributed by atoms with Gasteiger partial charge in [-0.05, 0) is 24.3 Å². The lowest BCUT2D eigenvalue weighted by molar-refractivity contribution is -0.384. The maximum absolute atomic E-state index is 11.9. The van der Waals surface area contributed by atoms with Crippen LogP contribution in [-0.4, -0.2) is 20.4 Å². The molecule has 0 fully saturated rings. The number of nitro groups is 1. The molecule has 110 valence electrons. The van der Waals surface area contributed by atoms with Crippen LogP contribution in [0.25, 0.3) is 11.0 Å². The van der Waals surface area contributed by atoms with Gasteiger partial charge in [-0.1, -0.05) is 12.1 Å². The van der Waals surface area contributed by atoms with E-state index in [9.17, 15) is 14.9 Å². The maximum Gasteiger partial charge on any atom is 0.331 e. The van der Waals surface area contributed by atoms with Crippen LogP contribution >= 0.6 is 0 Å². The molecule has 2 aromatic carbocycles. The van der Waals surface area contributed by atoms with Crippen LogP contribution in [0, 0.1) is 10.1 Å². The minimum atomic E-state index is -0.511. The van der Waals surface area contributed by atoms with Crippen LogP contribution < -0.4 is 4.74 Å². The van der Waals surface area contributed by atoms with Crippen molar-refractivity contribution in [2.24, 2.45) is 0 Å². The fourth-order valence-corrected chi connectivity index (χ4v) is 2.07. The van der Waals surface area contributed by atoms with Gasteiger partial charge in [0.2, 0.25) is 0 Å². The van der Waals surface area contributed by atoms with Crippen molar-refractivity contribution in [2.75, 3.05) is 0 Å². The van der Waals surface area contributed by atoms with Crippen LogP contribution in [0.5, 0.6) is 5.75 Å². The van der Waals surface area contributed by atoms with Crippen molar-refractivity contribution >= 4 is 22.7 Å². The van der Waals surface area contributed by atoms with Crippen LogP contribution in [0.3, 0.4) is 0 Å². The molecule has 3 rings (SSSR count). The van der Waals surface area contributed by atoms with E-state index < -0.39 is 10.9 Å². The monoisotopic (exact) mass is 297 g/mol. The quantitative estimate of drug-likeness (QED) is 0.319. The average Bonchev–Trinajstić information content (AvgIpc) is 2.91. The molecule has 0 N–H and O–H groups in total. The van der Waals surface area contributed by atoms with Crippen LogP contribution in [-0.2, 0) is 11.3 Å². The fourth-order valence-electron chi connectivity index (χ4n) is 2.07. The van der Waals surface area contributed by atoms with E-state index in [1.165, 1.54) is 24.3 Å². The molecule has 0 bridgehead atoms. The first-order valence-electron chi connectivity index (χ1n) is 6.48. The SMILES string of the molecule is O=C(Cn1cnc2ccccc21)Oc1ccc([N+](=O)[O-])cc1. The molecule has 0 spiro atoms. The second kappa shape index (κ2) is 5.65. The number of imidazole rings is 1. The largest absolute Gasteiger partial charge is 0.425 e. The molecule has 0 radical (unpaired) electrons. The van der Waals surface area contributed by atoms with E-state index in [2.05, 4.69) is 4.98 Å². The number of hydrogen-bond acceptors (Lipinski definition) is 5. The highest BCUT2D eigenvalue weighted by Crippen LogP contribution is 2.18. The van der Waals surface area contributed by atoms with Crippen LogP contribution in [0.15, 0.2) is 54.9 Å². The molecule has 0 amide bonds. The molecule has 0 saturated carbocycles. The molecule has 0 aliphatic heterocycles. The van der Waals surface area contributed by atoms with Crippen LogP contribution in [0.4, 0.5) is 5.69 Å². The minimum Gasteiger partial charge on any atom is -0.425 e. The van der Waals surface area contributed by atoms with Gasteiger partial charge in [-0.2, -0.15) is 0 Å². The van der Waals surface area contributed by atoms with Gasteiger partial charge in [-0.15, -0.1) is 0 Å². The van der Waals surface area contributed by atoms with Gasteiger partial charge < -0.3 is 9.30 Å². The van der Waals surface area contributed by atoms with Gasteiger partial charge in [0.15, 0.2) is 0 Å². The molecule has 3 aromatic rings. The number of esters is 1. The summed E-state index contributed by atoms with van der Waals surface area (Å²) in [5.74, 6) is -0.211. The predicted octanol–water partition coefficient (Wildman–Crippen LogP) is 2.55. The van der Waals surface area contributed by atoms with E-state index in [4.69, 9.17) is 4.74 Å². The molecule has 7 heteroatoms. The zero-order chi connectivity index (χ0) is 15.5. The third kappa shape index (κ3) is 2.78. The maximum atomic E-state index is 11.9. The summed E-state index contributed by atoms with van der Waals surface area (Å²) in [6, 6.07) is 12.8. The number of nitro benzene ring substituents is 1. The van der Waals surface area contributed by atoms with Crippen molar-refractivity contribution < 1.29 is 14.5 Å². The summed E-state index contributed by atoms with van der Waals surface area (Å²) >= 11 is 0. The van der Waals surface area contributed by atoms with Crippen molar-refractivity contribution in [3.8, 4) is 5.75 Å². The average molecular weight is 297 g/mol. The summed E-state index contributed by atoms with van der Waals surface area (Å²) in [6.45, 7) is 0.0114. The molecule has 22 heavy (non-hydrogen) atoms. The highest BCUT2D eigenvalue weighted by atomic mass is 16.6. The molecule has 1 aromatic heterocycles. The van der Waals surface area contributed by atoms with E-state index in [1.807, 2.05) is 24.3 Å². The minimum absolute atomic E-state index is 0.0114. The van der Waals surface area contributed by atoms with Crippen LogP contribution in [0.2, 0.25) is 0 Å². The van der Waals surface area contributed by atoms with E-state index in [0.29, 0.717) is 0 Å². The van der Waals surface area contributed by atoms with Gasteiger partial charge in [-0.3, -0.25) is 10.1 Å². The Balaban J connectivity index is 1.71. The Kier molecular flexibility index (Phi) is 3.53. The van der Waals surface area contributed by atoms with E-state index in [0.717, 1.165) is 11.0 Å². The third-order valence-corrected chi connectivity index (χ3v) is 3.11. The predicted molar refractivity (Wildman–Crippen MR) is 78.5 cm³/mol. The first-order valence-corrected chi connectivity index (χ1v) is 6.48. The summed E-state index contributed by atoms with van der Waals surface area (Å²) in [4.78, 5) is 26.2. The molecule has 0 aliphatic rings. The first-order chi connectivity index (χ1) is 10.6. The summed E-state index contributed by atoms with van der Waals surface area (Å²) in [7, 11) is 0. The number of hydrogen-bond donors (Lipinski definition) is 0. The Labute approximate surface area is 124 Å². The van der Waals surface area contributed by atoms with Gasteiger partial charge in [0.05, 0.1) is 22.3 Å². The number of benzene rings is 2. The summed E-state index contributed by atoms with van der Waals surface area (Å²) in [6.07, 6.45) is 1.57. The van der Waals surface area contributed by atoms with Crippen molar-refractivity contribution in [1.82, 2.24) is 9.55 Å². The van der Waals surface area contributed by atoms with Gasteiger partial charge in [0.25, 0.3) is 5.69 Å². The lowest BCUT2D eigenvalue weighted by Crippen LogP contribution is -2.15. The Morgan fingerprint density at radius 2 is 1.91 bits per heavy atom. The van der Waals surface area contributed by atoms with Gasteiger partial charge >= 0.3 is 5.97 Å². The third-order valence-electron chi connectivity index (χ3n) is 3.11. The zero-order valence-corrected chi connectivity index (χ0v) is 11.4. The lowest BCUT2D eigenvalue weighted by Gasteiger charge is -2.05. The number of carbonyl (C=O) groups excluding carboxylic acids is 1. The topological polar surface area (TPSA) is 87.3 Å². The number of carbonyl (C=O) groups is 1. The summed E-state index contributed by atoms with van der Waals surface area (Å²) in [5.41, 5.74) is 1.58. The highest BCUT2D eigenvalue weighted by molar-refractivity contribution is 5.78. The zero-order valence-electron chi connectivity index (χ0n) is 11.4. The molecule has 0 aliphatic carbocycles. The number of nitrogens with zero attached hydrogens (tertiary/aromatic N) is 3. The smallest absolute Gasteiger partial charge is 0.331 e. The van der Waals surface area contributed by atoms with E-state index >= 15 is 0 Å². The normalized spacial score (nSPS) is 10.5. The van der Waals surface area contributed by atoms with Crippen molar-refractivity contribution in [2.45, 2.75) is 6.54 Å². The van der Waals surface area contributed by atoms with E-state index in [-0.39, 0.29) is 18.0 Å². The van der Waals surface area contributed by atoms with Crippen molar-refractivity contribution in [3.63, 3.8) is 0 Å². The fraction of sp³-hybridized carbons (Fsp3) is 0.0667. The number of aromatic nitrogens is 2. The lowest BCUT2D eigenvalue weighted by atomic mass is 10.3. The molecule has 0 atom stereocenters. The first kappa shape index (κ1) is 13.7. The molecule has 7 nitrogen and oxygen atoms in total.